The molecule has 0 radical (unpaired) electrons. The topological polar surface area (TPSA) is 95.3 Å². The van der Waals surface area contributed by atoms with Crippen molar-refractivity contribution < 1.29 is 23.5 Å². The van der Waals surface area contributed by atoms with E-state index in [9.17, 15) is 14.4 Å². The van der Waals surface area contributed by atoms with Crippen molar-refractivity contribution in [3.63, 3.8) is 0 Å². The molecule has 0 unspecified atom stereocenters. The molecule has 1 N–H and O–H groups in total. The molecule has 1 aromatic heterocycles. The number of benzene rings is 1. The molecule has 2 aromatic rings. The summed E-state index contributed by atoms with van der Waals surface area (Å²) >= 11 is 7.10. The monoisotopic (exact) mass is 586 g/mol. The third kappa shape index (κ3) is 8.08. The summed E-state index contributed by atoms with van der Waals surface area (Å²) in [6.07, 6.45) is 7.22. The van der Waals surface area contributed by atoms with Gasteiger partial charge in [0.15, 0.2) is 0 Å². The van der Waals surface area contributed by atoms with E-state index in [2.05, 4.69) is 10.2 Å². The summed E-state index contributed by atoms with van der Waals surface area (Å²) < 4.78 is 11.3. The number of methoxy groups -OCH3 is 1. The van der Waals surface area contributed by atoms with Gasteiger partial charge in [-0.3, -0.25) is 14.5 Å². The van der Waals surface area contributed by atoms with Gasteiger partial charge < -0.3 is 24.3 Å². The first-order valence-corrected chi connectivity index (χ1v) is 15.1. The van der Waals surface area contributed by atoms with E-state index in [1.54, 1.807) is 13.2 Å². The van der Waals surface area contributed by atoms with Gasteiger partial charge in [-0.15, -0.1) is 0 Å². The van der Waals surface area contributed by atoms with Crippen LogP contribution >= 0.6 is 24.0 Å². The van der Waals surface area contributed by atoms with Crippen molar-refractivity contribution >= 4 is 46.1 Å². The van der Waals surface area contributed by atoms with E-state index in [4.69, 9.17) is 21.4 Å². The zero-order valence-corrected chi connectivity index (χ0v) is 24.8. The number of hydrogen-bond donors (Lipinski definition) is 1. The number of nitrogens with zero attached hydrogens (tertiary/aromatic N) is 3. The van der Waals surface area contributed by atoms with E-state index in [1.807, 2.05) is 47.4 Å². The Morgan fingerprint density at radius 1 is 1.15 bits per heavy atom. The maximum Gasteiger partial charge on any atom is 0.328 e. The normalized spacial score (nSPS) is 18.1. The Bertz CT molecular complexity index is 1140. The number of thioether (sulfide) groups is 1. The molecule has 2 amide bonds. The van der Waals surface area contributed by atoms with Crippen molar-refractivity contribution in [1.29, 1.82) is 0 Å². The summed E-state index contributed by atoms with van der Waals surface area (Å²) in [5.74, 6) is 0.155. The third-order valence-electron chi connectivity index (χ3n) is 7.47. The predicted octanol–water partition coefficient (Wildman–Crippen LogP) is 3.78. The lowest BCUT2D eigenvalue weighted by Crippen LogP contribution is -2.59. The zero-order valence-electron chi connectivity index (χ0n) is 23.1. The van der Waals surface area contributed by atoms with E-state index in [0.717, 1.165) is 41.3 Å². The first-order chi connectivity index (χ1) is 19.4. The van der Waals surface area contributed by atoms with E-state index in [0.29, 0.717) is 25.5 Å². The number of carbonyl (C=O) groups excluding carboxylic acids is 3. The van der Waals surface area contributed by atoms with Gasteiger partial charge in [0, 0.05) is 6.04 Å². The summed E-state index contributed by atoms with van der Waals surface area (Å²) in [5.41, 5.74) is 0.980. The Hall–Kier alpha value is -2.89. The molecular formula is C29H38N4O5S2. The SMILES string of the molecule is COC(=O)[C@H](C)N(CC(=O)NC1CCCCC1)C(=O)[C@H](Cc1ccccc1)N1CSC(=S)N(Cc2ccco2)C1. The number of rotatable bonds is 11. The summed E-state index contributed by atoms with van der Waals surface area (Å²) in [7, 11) is 1.29. The van der Waals surface area contributed by atoms with Crippen LogP contribution < -0.4 is 5.32 Å². The summed E-state index contributed by atoms with van der Waals surface area (Å²) in [6.45, 7) is 2.28. The molecule has 9 nitrogen and oxygen atoms in total. The van der Waals surface area contributed by atoms with Gasteiger partial charge in [0.1, 0.15) is 22.7 Å². The molecule has 2 aliphatic rings. The second kappa shape index (κ2) is 14.7. The molecule has 1 saturated carbocycles. The van der Waals surface area contributed by atoms with Crippen LogP contribution in [0, 0.1) is 0 Å². The first kappa shape index (κ1) is 30.1. The largest absolute Gasteiger partial charge is 0.467 e. The number of furan rings is 1. The molecule has 2 atom stereocenters. The number of nitrogens with one attached hydrogen (secondary N) is 1. The van der Waals surface area contributed by atoms with Crippen molar-refractivity contribution in [1.82, 2.24) is 20.0 Å². The van der Waals surface area contributed by atoms with Gasteiger partial charge in [-0.1, -0.05) is 73.6 Å². The average Bonchev–Trinajstić information content (AvgIpc) is 3.49. The maximum absolute atomic E-state index is 14.4. The molecule has 40 heavy (non-hydrogen) atoms. The molecule has 1 aliphatic heterocycles. The highest BCUT2D eigenvalue weighted by Gasteiger charge is 2.38. The zero-order chi connectivity index (χ0) is 28.5. The lowest BCUT2D eigenvalue weighted by Gasteiger charge is -2.42. The van der Waals surface area contributed by atoms with Gasteiger partial charge in [-0.25, -0.2) is 4.79 Å². The Kier molecular flexibility index (Phi) is 11.0. The molecule has 0 spiro atoms. The molecule has 11 heteroatoms. The second-order valence-electron chi connectivity index (χ2n) is 10.3. The third-order valence-corrected chi connectivity index (χ3v) is 9.04. The molecule has 216 valence electrons. The van der Waals surface area contributed by atoms with Crippen LogP contribution in [0.4, 0.5) is 0 Å². The number of thiocarbonyl (C=S) groups is 1. The van der Waals surface area contributed by atoms with Crippen LogP contribution in [0.5, 0.6) is 0 Å². The van der Waals surface area contributed by atoms with E-state index < -0.39 is 18.1 Å². The van der Waals surface area contributed by atoms with Gasteiger partial charge in [-0.05, 0) is 43.9 Å². The first-order valence-electron chi connectivity index (χ1n) is 13.8. The van der Waals surface area contributed by atoms with Crippen LogP contribution in [-0.4, -0.2) is 81.1 Å². The molecule has 1 aliphatic carbocycles. The Balaban J connectivity index is 1.58. The van der Waals surface area contributed by atoms with E-state index >= 15 is 0 Å². The van der Waals surface area contributed by atoms with Crippen LogP contribution in [0.3, 0.4) is 0 Å². The minimum Gasteiger partial charge on any atom is -0.467 e. The fourth-order valence-electron chi connectivity index (χ4n) is 5.22. The standard InChI is InChI=1S/C29H38N4O5S2/c1-21(28(36)37-2)33(18-26(34)30-23-12-7-4-8-13-23)27(35)25(16-22-10-5-3-6-11-22)32-19-31(29(39)40-20-32)17-24-14-9-15-38-24/h3,5-6,9-11,14-15,21,23,25H,4,7-8,12-13,16-20H2,1-2H3,(H,30,34)/t21-,25-/m0/s1. The average molecular weight is 587 g/mol. The van der Waals surface area contributed by atoms with Crippen molar-refractivity contribution in [3.05, 3.63) is 60.1 Å². The number of hydrogen-bond acceptors (Lipinski definition) is 8. The maximum atomic E-state index is 14.4. The van der Waals surface area contributed by atoms with Crippen LogP contribution in [0.2, 0.25) is 0 Å². The fraction of sp³-hybridized carbons (Fsp3) is 0.517. The number of amides is 2. The fourth-order valence-corrected chi connectivity index (χ4v) is 6.34. The molecule has 2 fully saturated rings. The van der Waals surface area contributed by atoms with E-state index in [1.165, 1.54) is 30.2 Å². The minimum absolute atomic E-state index is 0.0985. The van der Waals surface area contributed by atoms with Gasteiger partial charge in [0.05, 0.1) is 38.5 Å². The minimum atomic E-state index is -0.925. The number of ether oxygens (including phenoxy) is 1. The van der Waals surface area contributed by atoms with Crippen LogP contribution in [0.1, 0.15) is 50.4 Å². The summed E-state index contributed by atoms with van der Waals surface area (Å²) in [6, 6.07) is 12.0. The second-order valence-corrected chi connectivity index (χ2v) is 11.9. The number of esters is 1. The molecular weight excluding hydrogens is 548 g/mol. The van der Waals surface area contributed by atoms with Crippen molar-refractivity contribution in [2.75, 3.05) is 26.2 Å². The molecule has 0 bridgehead atoms. The highest BCUT2D eigenvalue weighted by molar-refractivity contribution is 8.22. The summed E-state index contributed by atoms with van der Waals surface area (Å²) in [5, 5.41) is 3.08. The van der Waals surface area contributed by atoms with Crippen LogP contribution in [0.15, 0.2) is 53.1 Å². The highest BCUT2D eigenvalue weighted by atomic mass is 32.2. The van der Waals surface area contributed by atoms with Crippen molar-refractivity contribution in [2.45, 2.75) is 70.1 Å². The van der Waals surface area contributed by atoms with Crippen LogP contribution in [-0.2, 0) is 32.1 Å². The van der Waals surface area contributed by atoms with Crippen molar-refractivity contribution in [2.24, 2.45) is 0 Å². The Morgan fingerprint density at radius 3 is 2.58 bits per heavy atom. The number of carbonyl (C=O) groups is 3. The van der Waals surface area contributed by atoms with Gasteiger partial charge in [-0.2, -0.15) is 0 Å². The van der Waals surface area contributed by atoms with Gasteiger partial charge in [0.2, 0.25) is 11.8 Å². The molecule has 4 rings (SSSR count). The Morgan fingerprint density at radius 2 is 1.90 bits per heavy atom. The predicted molar refractivity (Wildman–Crippen MR) is 158 cm³/mol. The quantitative estimate of drug-likeness (QED) is 0.312. The molecule has 1 saturated heterocycles. The molecule has 2 heterocycles. The van der Waals surface area contributed by atoms with Gasteiger partial charge >= 0.3 is 5.97 Å². The van der Waals surface area contributed by atoms with Crippen molar-refractivity contribution in [3.8, 4) is 0 Å². The molecule has 1 aromatic carbocycles. The van der Waals surface area contributed by atoms with Gasteiger partial charge in [0.25, 0.3) is 0 Å². The lowest BCUT2D eigenvalue weighted by molar-refractivity contribution is -0.155. The smallest absolute Gasteiger partial charge is 0.328 e. The summed E-state index contributed by atoms with van der Waals surface area (Å²) in [4.78, 5) is 45.6. The van der Waals surface area contributed by atoms with E-state index in [-0.39, 0.29) is 24.4 Å². The van der Waals surface area contributed by atoms with Crippen LogP contribution in [0.25, 0.3) is 0 Å². The Labute approximate surface area is 245 Å². The lowest BCUT2D eigenvalue weighted by atomic mass is 9.95. The highest BCUT2D eigenvalue weighted by Crippen LogP contribution is 2.26.